The Labute approximate surface area is 114 Å². The Morgan fingerprint density at radius 2 is 2.22 bits per heavy atom. The normalized spacial score (nSPS) is 16.9. The number of nitrogens with zero attached hydrogens (tertiary/aromatic N) is 2. The molecule has 1 aromatic rings. The van der Waals surface area contributed by atoms with Crippen LogP contribution in [0.2, 0.25) is 0 Å². The fraction of sp³-hybridized carbons (Fsp3) is 0.500. The fourth-order valence-corrected chi connectivity index (χ4v) is 2.44. The van der Waals surface area contributed by atoms with Crippen molar-refractivity contribution in [1.29, 1.82) is 0 Å². The van der Waals surface area contributed by atoms with Crippen molar-refractivity contribution in [2.45, 2.75) is 12.8 Å². The summed E-state index contributed by atoms with van der Waals surface area (Å²) in [6.45, 7) is 1.52. The first-order chi connectivity index (χ1) is 8.61. The molecule has 0 saturated carbocycles. The molecular weight excluding hydrogens is 298 g/mol. The molecule has 0 radical (unpaired) electrons. The highest BCUT2D eigenvalue weighted by Crippen LogP contribution is 2.21. The van der Waals surface area contributed by atoms with Gasteiger partial charge in [0.15, 0.2) is 0 Å². The quantitative estimate of drug-likeness (QED) is 0.861. The van der Waals surface area contributed by atoms with Crippen LogP contribution in [0.3, 0.4) is 0 Å². The number of nitrogen functional groups attached to an aromatic ring is 1. The zero-order valence-corrected chi connectivity index (χ0v) is 11.6. The average Bonchev–Trinajstić information content (AvgIpc) is 2.41. The summed E-state index contributed by atoms with van der Waals surface area (Å²) in [5.74, 6) is 0.484. The minimum Gasteiger partial charge on any atom is -0.396 e. The molecule has 98 valence electrons. The van der Waals surface area contributed by atoms with E-state index in [-0.39, 0.29) is 18.3 Å². The van der Waals surface area contributed by atoms with E-state index in [2.05, 4.69) is 20.9 Å². The number of carbonyl (C=O) groups excluding carboxylic acids is 1. The second-order valence-electron chi connectivity index (χ2n) is 4.50. The van der Waals surface area contributed by atoms with E-state index < -0.39 is 0 Å². The third-order valence-electron chi connectivity index (χ3n) is 3.28. The number of rotatable bonds is 2. The molecule has 0 atom stereocenters. The van der Waals surface area contributed by atoms with Crippen molar-refractivity contribution >= 4 is 27.7 Å². The lowest BCUT2D eigenvalue weighted by molar-refractivity contribution is 0.0651. The largest absolute Gasteiger partial charge is 0.396 e. The molecule has 1 aliphatic rings. The van der Waals surface area contributed by atoms with Crippen molar-refractivity contribution < 1.29 is 9.90 Å². The van der Waals surface area contributed by atoms with Crippen molar-refractivity contribution in [2.75, 3.05) is 25.4 Å². The molecular formula is C12H16BrN3O2. The van der Waals surface area contributed by atoms with Gasteiger partial charge in [-0.15, -0.1) is 0 Å². The van der Waals surface area contributed by atoms with Gasteiger partial charge < -0.3 is 15.7 Å². The van der Waals surface area contributed by atoms with Crippen LogP contribution in [0.1, 0.15) is 23.2 Å². The number of aliphatic hydroxyl groups is 1. The number of piperidine rings is 1. The number of aliphatic hydroxyl groups excluding tert-OH is 1. The van der Waals surface area contributed by atoms with Gasteiger partial charge >= 0.3 is 0 Å². The molecule has 0 aromatic carbocycles. The minimum absolute atomic E-state index is 0.0855. The molecule has 6 heteroatoms. The van der Waals surface area contributed by atoms with Crippen LogP contribution in [-0.2, 0) is 0 Å². The van der Waals surface area contributed by atoms with Crippen LogP contribution in [0.5, 0.6) is 0 Å². The molecule has 2 rings (SSSR count). The molecule has 0 aliphatic carbocycles. The van der Waals surface area contributed by atoms with E-state index in [1.807, 2.05) is 0 Å². The van der Waals surface area contributed by atoms with E-state index in [1.165, 1.54) is 0 Å². The first-order valence-electron chi connectivity index (χ1n) is 5.93. The maximum absolute atomic E-state index is 12.3. The van der Waals surface area contributed by atoms with Gasteiger partial charge in [-0.2, -0.15) is 0 Å². The summed E-state index contributed by atoms with van der Waals surface area (Å²) in [6, 6.07) is 1.70. The molecule has 0 unspecified atom stereocenters. The van der Waals surface area contributed by atoms with Crippen LogP contribution < -0.4 is 5.73 Å². The molecule has 2 heterocycles. The highest BCUT2D eigenvalue weighted by Gasteiger charge is 2.24. The van der Waals surface area contributed by atoms with Crippen LogP contribution in [0, 0.1) is 5.92 Å². The topological polar surface area (TPSA) is 79.5 Å². The van der Waals surface area contributed by atoms with Crippen molar-refractivity contribution in [1.82, 2.24) is 9.88 Å². The second kappa shape index (κ2) is 5.67. The number of aromatic nitrogens is 1. The van der Waals surface area contributed by atoms with Crippen LogP contribution in [0.4, 0.5) is 5.82 Å². The van der Waals surface area contributed by atoms with Crippen molar-refractivity contribution in [3.05, 3.63) is 22.3 Å². The SMILES string of the molecule is Nc1ncc(Br)cc1C(=O)N1CCC(CO)CC1. The van der Waals surface area contributed by atoms with E-state index in [0.717, 1.165) is 17.3 Å². The lowest BCUT2D eigenvalue weighted by Gasteiger charge is -2.31. The van der Waals surface area contributed by atoms with E-state index in [1.54, 1.807) is 17.2 Å². The Morgan fingerprint density at radius 3 is 2.83 bits per heavy atom. The van der Waals surface area contributed by atoms with E-state index in [4.69, 9.17) is 10.8 Å². The van der Waals surface area contributed by atoms with E-state index >= 15 is 0 Å². The molecule has 5 nitrogen and oxygen atoms in total. The number of hydrogen-bond acceptors (Lipinski definition) is 4. The van der Waals surface area contributed by atoms with Crippen molar-refractivity contribution in [3.8, 4) is 0 Å². The summed E-state index contributed by atoms with van der Waals surface area (Å²) < 4.78 is 0.741. The Bertz CT molecular complexity index is 445. The number of halogens is 1. The highest BCUT2D eigenvalue weighted by atomic mass is 79.9. The molecule has 1 aliphatic heterocycles. The smallest absolute Gasteiger partial charge is 0.257 e. The summed E-state index contributed by atoms with van der Waals surface area (Å²) in [5, 5.41) is 9.07. The number of hydrogen-bond donors (Lipinski definition) is 2. The van der Waals surface area contributed by atoms with Crippen molar-refractivity contribution in [2.24, 2.45) is 5.92 Å². The Hall–Kier alpha value is -1.14. The predicted octanol–water partition coefficient (Wildman–Crippen LogP) is 1.27. The molecule has 0 bridgehead atoms. The van der Waals surface area contributed by atoms with Gasteiger partial charge in [0, 0.05) is 30.4 Å². The van der Waals surface area contributed by atoms with Gasteiger partial charge in [-0.3, -0.25) is 4.79 Å². The number of likely N-dealkylation sites (tertiary alicyclic amines) is 1. The lowest BCUT2D eigenvalue weighted by atomic mass is 9.97. The second-order valence-corrected chi connectivity index (χ2v) is 5.42. The summed E-state index contributed by atoms with van der Waals surface area (Å²) >= 11 is 3.29. The van der Waals surface area contributed by atoms with Crippen LogP contribution >= 0.6 is 15.9 Å². The first-order valence-corrected chi connectivity index (χ1v) is 6.72. The molecule has 0 spiro atoms. The van der Waals surface area contributed by atoms with Gasteiger partial charge in [0.05, 0.1) is 5.56 Å². The standard InChI is InChI=1S/C12H16BrN3O2/c13-9-5-10(11(14)15-6-9)12(18)16-3-1-8(7-17)2-4-16/h5-6,8,17H,1-4,7H2,(H2,14,15). The maximum atomic E-state index is 12.3. The zero-order chi connectivity index (χ0) is 13.1. The number of carbonyl (C=O) groups is 1. The molecule has 1 aromatic heterocycles. The molecule has 1 fully saturated rings. The number of pyridine rings is 1. The average molecular weight is 314 g/mol. The molecule has 1 amide bonds. The van der Waals surface area contributed by atoms with Crippen molar-refractivity contribution in [3.63, 3.8) is 0 Å². The summed E-state index contributed by atoms with van der Waals surface area (Å²) in [4.78, 5) is 18.0. The van der Waals surface area contributed by atoms with Crippen LogP contribution in [0.25, 0.3) is 0 Å². The Balaban J connectivity index is 2.10. The fourth-order valence-electron chi connectivity index (χ4n) is 2.11. The van der Waals surface area contributed by atoms with E-state index in [9.17, 15) is 4.79 Å². The molecule has 18 heavy (non-hydrogen) atoms. The molecule has 3 N–H and O–H groups in total. The van der Waals surface area contributed by atoms with Gasteiger partial charge in [0.1, 0.15) is 5.82 Å². The zero-order valence-electron chi connectivity index (χ0n) is 9.97. The first kappa shape index (κ1) is 13.3. The predicted molar refractivity (Wildman–Crippen MR) is 72.1 cm³/mol. The van der Waals surface area contributed by atoms with Gasteiger partial charge in [0.2, 0.25) is 0 Å². The van der Waals surface area contributed by atoms with E-state index in [0.29, 0.717) is 24.6 Å². The Kier molecular flexibility index (Phi) is 4.19. The van der Waals surface area contributed by atoms with Gasteiger partial charge in [-0.25, -0.2) is 4.98 Å². The van der Waals surface area contributed by atoms with Gasteiger partial charge in [0.25, 0.3) is 5.91 Å². The third-order valence-corrected chi connectivity index (χ3v) is 3.71. The highest BCUT2D eigenvalue weighted by molar-refractivity contribution is 9.10. The van der Waals surface area contributed by atoms with Gasteiger partial charge in [-0.05, 0) is 40.8 Å². The number of amides is 1. The molecule has 1 saturated heterocycles. The summed E-state index contributed by atoms with van der Waals surface area (Å²) in [6.07, 6.45) is 3.25. The van der Waals surface area contributed by atoms with Crippen LogP contribution in [0.15, 0.2) is 16.7 Å². The number of anilines is 1. The van der Waals surface area contributed by atoms with Crippen LogP contribution in [-0.4, -0.2) is 40.6 Å². The Morgan fingerprint density at radius 1 is 1.56 bits per heavy atom. The summed E-state index contributed by atoms with van der Waals surface area (Å²) in [5.41, 5.74) is 6.17. The maximum Gasteiger partial charge on any atom is 0.257 e. The van der Waals surface area contributed by atoms with Gasteiger partial charge in [-0.1, -0.05) is 0 Å². The minimum atomic E-state index is -0.0855. The lowest BCUT2D eigenvalue weighted by Crippen LogP contribution is -2.39. The third kappa shape index (κ3) is 2.81. The number of nitrogens with two attached hydrogens (primary N) is 1. The summed E-state index contributed by atoms with van der Waals surface area (Å²) in [7, 11) is 0. The monoisotopic (exact) mass is 313 g/mol.